The number of esters is 1. The van der Waals surface area contributed by atoms with E-state index in [-0.39, 0.29) is 18.2 Å². The summed E-state index contributed by atoms with van der Waals surface area (Å²) in [7, 11) is 0. The van der Waals surface area contributed by atoms with Crippen molar-refractivity contribution in [1.29, 1.82) is 0 Å². The Kier molecular flexibility index (Phi) is 6.15. The van der Waals surface area contributed by atoms with E-state index in [0.717, 1.165) is 18.5 Å². The maximum atomic E-state index is 12.9. The van der Waals surface area contributed by atoms with Crippen LogP contribution in [-0.2, 0) is 14.2 Å². The van der Waals surface area contributed by atoms with Gasteiger partial charge < -0.3 is 19.1 Å². The highest BCUT2D eigenvalue weighted by Gasteiger charge is 2.32. The normalized spacial score (nSPS) is 18.0. The SMILES string of the molecule is CCOC(=O)c1cnn(-c2ccc(C(=O)N3CCC(C4OCCO4)CC3)cc2)c1C. The second-order valence-electron chi connectivity index (χ2n) is 7.56. The van der Waals surface area contributed by atoms with Gasteiger partial charge in [0.05, 0.1) is 37.4 Å². The topological polar surface area (TPSA) is 82.9 Å². The van der Waals surface area contributed by atoms with Crippen molar-refractivity contribution < 1.29 is 23.8 Å². The number of ether oxygens (including phenoxy) is 3. The third kappa shape index (κ3) is 4.11. The van der Waals surface area contributed by atoms with Crippen molar-refractivity contribution in [1.82, 2.24) is 14.7 Å². The first kappa shape index (κ1) is 20.6. The van der Waals surface area contributed by atoms with Crippen LogP contribution in [0.15, 0.2) is 30.5 Å². The second-order valence-corrected chi connectivity index (χ2v) is 7.56. The highest BCUT2D eigenvalue weighted by Crippen LogP contribution is 2.26. The van der Waals surface area contributed by atoms with Crippen molar-refractivity contribution in [3.63, 3.8) is 0 Å². The fourth-order valence-corrected chi connectivity index (χ4v) is 4.03. The zero-order chi connectivity index (χ0) is 21.1. The summed E-state index contributed by atoms with van der Waals surface area (Å²) in [4.78, 5) is 26.8. The van der Waals surface area contributed by atoms with E-state index in [1.807, 2.05) is 24.0 Å². The first-order valence-electron chi connectivity index (χ1n) is 10.4. The van der Waals surface area contributed by atoms with Crippen LogP contribution < -0.4 is 0 Å². The van der Waals surface area contributed by atoms with Crippen molar-refractivity contribution in [2.75, 3.05) is 32.9 Å². The van der Waals surface area contributed by atoms with E-state index in [4.69, 9.17) is 14.2 Å². The maximum Gasteiger partial charge on any atom is 0.341 e. The van der Waals surface area contributed by atoms with E-state index in [1.165, 1.54) is 6.20 Å². The second kappa shape index (κ2) is 8.97. The van der Waals surface area contributed by atoms with Gasteiger partial charge in [-0.05, 0) is 51.0 Å². The van der Waals surface area contributed by atoms with Gasteiger partial charge in [0.1, 0.15) is 5.56 Å². The lowest BCUT2D eigenvalue weighted by Gasteiger charge is -2.33. The van der Waals surface area contributed by atoms with Crippen LogP contribution in [0.1, 0.15) is 46.2 Å². The predicted molar refractivity (Wildman–Crippen MR) is 109 cm³/mol. The average molecular weight is 413 g/mol. The van der Waals surface area contributed by atoms with Gasteiger partial charge in [-0.15, -0.1) is 0 Å². The van der Waals surface area contributed by atoms with E-state index < -0.39 is 0 Å². The third-order valence-electron chi connectivity index (χ3n) is 5.72. The summed E-state index contributed by atoms with van der Waals surface area (Å²) in [6, 6.07) is 7.29. The quantitative estimate of drug-likeness (QED) is 0.701. The number of rotatable bonds is 5. The molecule has 0 aliphatic carbocycles. The van der Waals surface area contributed by atoms with Crippen LogP contribution in [0.5, 0.6) is 0 Å². The van der Waals surface area contributed by atoms with Gasteiger partial charge in [-0.1, -0.05) is 0 Å². The van der Waals surface area contributed by atoms with Gasteiger partial charge in [-0.3, -0.25) is 4.79 Å². The number of likely N-dealkylation sites (tertiary alicyclic amines) is 1. The summed E-state index contributed by atoms with van der Waals surface area (Å²) in [5, 5.41) is 4.30. The highest BCUT2D eigenvalue weighted by molar-refractivity contribution is 5.94. The molecule has 1 aromatic carbocycles. The molecular weight excluding hydrogens is 386 g/mol. The number of hydrogen-bond donors (Lipinski definition) is 0. The van der Waals surface area contributed by atoms with Crippen molar-refractivity contribution >= 4 is 11.9 Å². The van der Waals surface area contributed by atoms with Crippen LogP contribution in [0.25, 0.3) is 5.69 Å². The Hall–Kier alpha value is -2.71. The van der Waals surface area contributed by atoms with Gasteiger partial charge in [-0.25, -0.2) is 9.48 Å². The molecule has 0 saturated carbocycles. The molecule has 2 saturated heterocycles. The lowest BCUT2D eigenvalue weighted by molar-refractivity contribution is -0.0956. The maximum absolute atomic E-state index is 12.9. The molecule has 0 unspecified atom stereocenters. The molecule has 2 fully saturated rings. The minimum absolute atomic E-state index is 0.0256. The molecule has 2 aromatic rings. The minimum atomic E-state index is -0.384. The van der Waals surface area contributed by atoms with Gasteiger partial charge in [0.2, 0.25) is 0 Å². The molecule has 1 aromatic heterocycles. The van der Waals surface area contributed by atoms with Gasteiger partial charge in [0.15, 0.2) is 6.29 Å². The van der Waals surface area contributed by atoms with Crippen LogP contribution in [0.2, 0.25) is 0 Å². The smallest absolute Gasteiger partial charge is 0.341 e. The summed E-state index contributed by atoms with van der Waals surface area (Å²) in [6.45, 7) is 6.64. The fraction of sp³-hybridized carbons (Fsp3) is 0.500. The highest BCUT2D eigenvalue weighted by atomic mass is 16.7. The largest absolute Gasteiger partial charge is 0.462 e. The van der Waals surface area contributed by atoms with E-state index in [2.05, 4.69) is 5.10 Å². The molecule has 8 nitrogen and oxygen atoms in total. The molecule has 2 aliphatic rings. The van der Waals surface area contributed by atoms with E-state index >= 15 is 0 Å². The molecule has 1 amide bonds. The van der Waals surface area contributed by atoms with Crippen molar-refractivity contribution in [2.45, 2.75) is 33.0 Å². The number of carbonyl (C=O) groups excluding carboxylic acids is 2. The molecule has 4 rings (SSSR count). The number of amides is 1. The van der Waals surface area contributed by atoms with Gasteiger partial charge in [0.25, 0.3) is 5.91 Å². The van der Waals surface area contributed by atoms with Crippen LogP contribution in [0.4, 0.5) is 0 Å². The van der Waals surface area contributed by atoms with Crippen LogP contribution in [-0.4, -0.2) is 65.8 Å². The Labute approximate surface area is 175 Å². The first-order chi connectivity index (χ1) is 14.6. The summed E-state index contributed by atoms with van der Waals surface area (Å²) < 4.78 is 17.9. The third-order valence-corrected chi connectivity index (χ3v) is 5.72. The average Bonchev–Trinajstić information content (AvgIpc) is 3.44. The molecular formula is C22H27N3O5. The zero-order valence-electron chi connectivity index (χ0n) is 17.4. The fourth-order valence-electron chi connectivity index (χ4n) is 4.03. The molecule has 8 heteroatoms. The Bertz CT molecular complexity index is 894. The molecule has 160 valence electrons. The Morgan fingerprint density at radius 2 is 1.80 bits per heavy atom. The lowest BCUT2D eigenvalue weighted by Crippen LogP contribution is -2.41. The number of aromatic nitrogens is 2. The van der Waals surface area contributed by atoms with Gasteiger partial charge in [-0.2, -0.15) is 5.10 Å². The molecule has 0 atom stereocenters. The molecule has 0 radical (unpaired) electrons. The van der Waals surface area contributed by atoms with E-state index in [0.29, 0.717) is 55.6 Å². The number of piperidine rings is 1. The van der Waals surface area contributed by atoms with E-state index in [9.17, 15) is 9.59 Å². The number of hydrogen-bond acceptors (Lipinski definition) is 6. The zero-order valence-corrected chi connectivity index (χ0v) is 17.4. The van der Waals surface area contributed by atoms with Crippen LogP contribution >= 0.6 is 0 Å². The first-order valence-corrected chi connectivity index (χ1v) is 10.4. The lowest BCUT2D eigenvalue weighted by atomic mass is 9.95. The Morgan fingerprint density at radius 3 is 2.43 bits per heavy atom. The minimum Gasteiger partial charge on any atom is -0.462 e. The standard InChI is InChI=1S/C22H27N3O5/c1-3-28-21(27)19-14-23-25(15(19)2)18-6-4-16(5-7-18)20(26)24-10-8-17(9-11-24)22-29-12-13-30-22/h4-7,14,17,22H,3,8-13H2,1-2H3. The summed E-state index contributed by atoms with van der Waals surface area (Å²) >= 11 is 0. The number of benzene rings is 1. The van der Waals surface area contributed by atoms with E-state index in [1.54, 1.807) is 23.7 Å². The van der Waals surface area contributed by atoms with Crippen molar-refractivity contribution in [3.8, 4) is 5.69 Å². The summed E-state index contributed by atoms with van der Waals surface area (Å²) in [6.07, 6.45) is 3.17. The van der Waals surface area contributed by atoms with Crippen LogP contribution in [0, 0.1) is 12.8 Å². The molecule has 0 spiro atoms. The Balaban J connectivity index is 1.40. The molecule has 30 heavy (non-hydrogen) atoms. The molecule has 0 N–H and O–H groups in total. The number of nitrogens with zero attached hydrogens (tertiary/aromatic N) is 3. The summed E-state index contributed by atoms with van der Waals surface area (Å²) in [5.41, 5.74) is 2.57. The van der Waals surface area contributed by atoms with Crippen molar-refractivity contribution in [3.05, 3.63) is 47.3 Å². The van der Waals surface area contributed by atoms with Crippen molar-refractivity contribution in [2.24, 2.45) is 5.92 Å². The monoisotopic (exact) mass is 413 g/mol. The Morgan fingerprint density at radius 1 is 1.13 bits per heavy atom. The summed E-state index contributed by atoms with van der Waals surface area (Å²) in [5.74, 6) is -0.00202. The number of carbonyl (C=O) groups is 2. The molecule has 0 bridgehead atoms. The predicted octanol–water partition coefficient (Wildman–Crippen LogP) is 2.58. The molecule has 3 heterocycles. The van der Waals surface area contributed by atoms with Gasteiger partial charge >= 0.3 is 5.97 Å². The van der Waals surface area contributed by atoms with Crippen LogP contribution in [0.3, 0.4) is 0 Å². The van der Waals surface area contributed by atoms with Gasteiger partial charge in [0, 0.05) is 24.6 Å². The molecule has 2 aliphatic heterocycles.